The Morgan fingerprint density at radius 1 is 1.26 bits per heavy atom. The lowest BCUT2D eigenvalue weighted by Gasteiger charge is -2.22. The third-order valence-electron chi connectivity index (χ3n) is 4.91. The number of nitrogens with one attached hydrogen (secondary N) is 2. The van der Waals surface area contributed by atoms with E-state index in [9.17, 15) is 4.79 Å². The molecule has 4 rings (SSSR count). The van der Waals surface area contributed by atoms with Gasteiger partial charge in [0.25, 0.3) is 0 Å². The predicted molar refractivity (Wildman–Crippen MR) is 107 cm³/mol. The van der Waals surface area contributed by atoms with Gasteiger partial charge in [-0.3, -0.25) is 4.79 Å². The van der Waals surface area contributed by atoms with Gasteiger partial charge in [-0.25, -0.2) is 4.98 Å². The first-order chi connectivity index (χ1) is 13.1. The van der Waals surface area contributed by atoms with Gasteiger partial charge in [0.15, 0.2) is 0 Å². The summed E-state index contributed by atoms with van der Waals surface area (Å²) in [6.45, 7) is 3.97. The Hall–Kier alpha value is -2.82. The van der Waals surface area contributed by atoms with E-state index in [-0.39, 0.29) is 12.0 Å². The molecule has 0 saturated heterocycles. The number of nitrogens with zero attached hydrogens (tertiary/aromatic N) is 1. The molecule has 0 radical (unpaired) electrons. The molecule has 1 aliphatic carbocycles. The standard InChI is InChI=1S/C22H25N3O2/c1-14(2)27-18-8-3-5-15(11-18)12-21(26)23-17-9-10-19-20(13-17)25-22(24-19)16-6-4-7-16/h3,5,8-11,13-14,16H,4,6-7,12H2,1-2H3,(H,23,26)(H,24,25). The molecule has 140 valence electrons. The second kappa shape index (κ2) is 7.43. The summed E-state index contributed by atoms with van der Waals surface area (Å²) in [4.78, 5) is 20.5. The predicted octanol–water partition coefficient (Wildman–Crippen LogP) is 4.80. The van der Waals surface area contributed by atoms with Crippen molar-refractivity contribution in [3.8, 4) is 5.75 Å². The van der Waals surface area contributed by atoms with Crippen molar-refractivity contribution in [2.75, 3.05) is 5.32 Å². The van der Waals surface area contributed by atoms with E-state index in [1.54, 1.807) is 0 Å². The Kier molecular flexibility index (Phi) is 4.84. The summed E-state index contributed by atoms with van der Waals surface area (Å²) in [5, 5.41) is 2.98. The van der Waals surface area contributed by atoms with Gasteiger partial charge in [-0.1, -0.05) is 18.6 Å². The van der Waals surface area contributed by atoms with Crippen molar-refractivity contribution >= 4 is 22.6 Å². The lowest BCUT2D eigenvalue weighted by Crippen LogP contribution is -2.14. The largest absolute Gasteiger partial charge is 0.491 e. The molecule has 0 spiro atoms. The van der Waals surface area contributed by atoms with Crippen LogP contribution in [-0.2, 0) is 11.2 Å². The number of ether oxygens (including phenoxy) is 1. The summed E-state index contributed by atoms with van der Waals surface area (Å²) in [6, 6.07) is 13.5. The maximum Gasteiger partial charge on any atom is 0.228 e. The van der Waals surface area contributed by atoms with Crippen molar-refractivity contribution in [3.63, 3.8) is 0 Å². The summed E-state index contributed by atoms with van der Waals surface area (Å²) >= 11 is 0. The van der Waals surface area contributed by atoms with E-state index in [0.717, 1.165) is 33.9 Å². The molecule has 1 aliphatic rings. The van der Waals surface area contributed by atoms with Crippen LogP contribution < -0.4 is 10.1 Å². The van der Waals surface area contributed by atoms with Crippen LogP contribution in [0.2, 0.25) is 0 Å². The minimum Gasteiger partial charge on any atom is -0.491 e. The molecule has 1 saturated carbocycles. The smallest absolute Gasteiger partial charge is 0.228 e. The molecule has 2 N–H and O–H groups in total. The van der Waals surface area contributed by atoms with E-state index in [0.29, 0.717) is 12.3 Å². The number of carbonyl (C=O) groups excluding carboxylic acids is 1. The van der Waals surface area contributed by atoms with E-state index in [2.05, 4.69) is 15.3 Å². The van der Waals surface area contributed by atoms with Crippen LogP contribution in [0.15, 0.2) is 42.5 Å². The molecule has 0 aliphatic heterocycles. The lowest BCUT2D eigenvalue weighted by atomic mass is 9.85. The monoisotopic (exact) mass is 363 g/mol. The van der Waals surface area contributed by atoms with Gasteiger partial charge < -0.3 is 15.0 Å². The quantitative estimate of drug-likeness (QED) is 0.661. The molecule has 0 atom stereocenters. The van der Waals surface area contributed by atoms with Gasteiger partial charge in [0.05, 0.1) is 23.6 Å². The molecule has 1 heterocycles. The highest BCUT2D eigenvalue weighted by molar-refractivity contribution is 5.94. The zero-order valence-corrected chi connectivity index (χ0v) is 15.8. The summed E-state index contributed by atoms with van der Waals surface area (Å²) in [5.41, 5.74) is 3.64. The number of H-pyrrole nitrogens is 1. The lowest BCUT2D eigenvalue weighted by molar-refractivity contribution is -0.115. The molecule has 3 aromatic rings. The Balaban J connectivity index is 1.43. The fourth-order valence-corrected chi connectivity index (χ4v) is 3.37. The van der Waals surface area contributed by atoms with Crippen LogP contribution in [-0.4, -0.2) is 22.0 Å². The number of amides is 1. The van der Waals surface area contributed by atoms with E-state index < -0.39 is 0 Å². The molecule has 27 heavy (non-hydrogen) atoms. The zero-order valence-electron chi connectivity index (χ0n) is 15.8. The number of benzene rings is 2. The van der Waals surface area contributed by atoms with Crippen molar-refractivity contribution in [1.29, 1.82) is 0 Å². The molecule has 0 bridgehead atoms. The third-order valence-corrected chi connectivity index (χ3v) is 4.91. The van der Waals surface area contributed by atoms with E-state index in [1.165, 1.54) is 19.3 Å². The van der Waals surface area contributed by atoms with Crippen LogP contribution in [0.25, 0.3) is 11.0 Å². The van der Waals surface area contributed by atoms with Crippen molar-refractivity contribution in [2.24, 2.45) is 0 Å². The second-order valence-corrected chi connectivity index (χ2v) is 7.52. The van der Waals surface area contributed by atoms with E-state index in [4.69, 9.17) is 4.74 Å². The molecule has 0 unspecified atom stereocenters. The Labute approximate surface area is 159 Å². The number of aromatic nitrogens is 2. The van der Waals surface area contributed by atoms with Crippen LogP contribution in [0.4, 0.5) is 5.69 Å². The molecule has 5 nitrogen and oxygen atoms in total. The number of fused-ring (bicyclic) bond motifs is 1. The summed E-state index contributed by atoms with van der Waals surface area (Å²) in [5.74, 6) is 2.38. The molecule has 2 aromatic carbocycles. The number of hydrogen-bond donors (Lipinski definition) is 2. The maximum absolute atomic E-state index is 12.4. The first-order valence-electron chi connectivity index (χ1n) is 9.62. The van der Waals surface area contributed by atoms with Gasteiger partial charge in [0.2, 0.25) is 5.91 Å². The number of rotatable bonds is 6. The Bertz CT molecular complexity index is 957. The molecular weight excluding hydrogens is 338 g/mol. The molecular formula is C22H25N3O2. The minimum absolute atomic E-state index is 0.0465. The molecule has 1 fully saturated rings. The molecule has 1 amide bonds. The number of aromatic amines is 1. The highest BCUT2D eigenvalue weighted by Crippen LogP contribution is 2.35. The number of hydrogen-bond acceptors (Lipinski definition) is 3. The fourth-order valence-electron chi connectivity index (χ4n) is 3.37. The molecule has 5 heteroatoms. The van der Waals surface area contributed by atoms with Gasteiger partial charge in [-0.2, -0.15) is 0 Å². The summed E-state index contributed by atoms with van der Waals surface area (Å²) < 4.78 is 5.70. The van der Waals surface area contributed by atoms with Crippen LogP contribution in [0.5, 0.6) is 5.75 Å². The normalized spacial score (nSPS) is 14.3. The summed E-state index contributed by atoms with van der Waals surface area (Å²) in [7, 11) is 0. The van der Waals surface area contributed by atoms with Crippen molar-refractivity contribution in [3.05, 3.63) is 53.9 Å². The van der Waals surface area contributed by atoms with Crippen molar-refractivity contribution in [2.45, 2.75) is 51.6 Å². The van der Waals surface area contributed by atoms with Crippen LogP contribution in [0.3, 0.4) is 0 Å². The first kappa shape index (κ1) is 17.6. The Morgan fingerprint density at radius 2 is 2.11 bits per heavy atom. The number of anilines is 1. The molecule has 1 aromatic heterocycles. The topological polar surface area (TPSA) is 67.0 Å². The van der Waals surface area contributed by atoms with Crippen molar-refractivity contribution in [1.82, 2.24) is 9.97 Å². The SMILES string of the molecule is CC(C)Oc1cccc(CC(=O)Nc2ccc3nc(C4CCC4)[nH]c3c2)c1. The van der Waals surface area contributed by atoms with Crippen LogP contribution in [0, 0.1) is 0 Å². The third kappa shape index (κ3) is 4.13. The first-order valence-corrected chi connectivity index (χ1v) is 9.62. The highest BCUT2D eigenvalue weighted by atomic mass is 16.5. The van der Waals surface area contributed by atoms with Crippen LogP contribution >= 0.6 is 0 Å². The summed E-state index contributed by atoms with van der Waals surface area (Å²) in [6.07, 6.45) is 4.13. The average Bonchev–Trinajstić information content (AvgIpc) is 2.95. The van der Waals surface area contributed by atoms with Crippen molar-refractivity contribution < 1.29 is 9.53 Å². The maximum atomic E-state index is 12.4. The van der Waals surface area contributed by atoms with Gasteiger partial charge in [0.1, 0.15) is 11.6 Å². The van der Waals surface area contributed by atoms with E-state index in [1.807, 2.05) is 56.3 Å². The Morgan fingerprint density at radius 3 is 2.85 bits per heavy atom. The van der Waals surface area contributed by atoms with Crippen LogP contribution in [0.1, 0.15) is 50.4 Å². The minimum atomic E-state index is -0.0465. The van der Waals surface area contributed by atoms with Gasteiger partial charge in [-0.15, -0.1) is 0 Å². The zero-order chi connectivity index (χ0) is 18.8. The van der Waals surface area contributed by atoms with Gasteiger partial charge >= 0.3 is 0 Å². The fraction of sp³-hybridized carbons (Fsp3) is 0.364. The number of imidazole rings is 1. The average molecular weight is 363 g/mol. The second-order valence-electron chi connectivity index (χ2n) is 7.52. The van der Waals surface area contributed by atoms with Gasteiger partial charge in [0, 0.05) is 11.6 Å². The van der Waals surface area contributed by atoms with E-state index >= 15 is 0 Å². The highest BCUT2D eigenvalue weighted by Gasteiger charge is 2.22. The van der Waals surface area contributed by atoms with Gasteiger partial charge in [-0.05, 0) is 62.6 Å². The number of carbonyl (C=O) groups is 1.